The third kappa shape index (κ3) is 4.39. The molecule has 1 aromatic carbocycles. The Labute approximate surface area is 248 Å². The Hall–Kier alpha value is -3.17. The van der Waals surface area contributed by atoms with E-state index in [-0.39, 0.29) is 17.0 Å². The Morgan fingerprint density at radius 2 is 1.83 bits per heavy atom. The molecule has 6 heterocycles. The zero-order chi connectivity index (χ0) is 29.6. The molecule has 3 fully saturated rings. The van der Waals surface area contributed by atoms with Gasteiger partial charge >= 0.3 is 6.09 Å². The second-order valence-electron chi connectivity index (χ2n) is 14.5. The largest absolute Gasteiger partial charge is 0.444 e. The van der Waals surface area contributed by atoms with Crippen LogP contribution >= 0.6 is 0 Å². The van der Waals surface area contributed by atoms with Crippen LogP contribution in [0.1, 0.15) is 56.5 Å². The van der Waals surface area contributed by atoms with Gasteiger partial charge < -0.3 is 19.3 Å². The van der Waals surface area contributed by atoms with Crippen LogP contribution in [0.15, 0.2) is 18.3 Å². The lowest BCUT2D eigenvalue weighted by atomic mass is 9.79. The molecule has 7 rings (SSSR count). The van der Waals surface area contributed by atoms with E-state index in [2.05, 4.69) is 47.8 Å². The first kappa shape index (κ1) is 27.7. The van der Waals surface area contributed by atoms with Crippen molar-refractivity contribution in [2.45, 2.75) is 72.1 Å². The summed E-state index contributed by atoms with van der Waals surface area (Å²) in [5.74, 6) is 1.09. The van der Waals surface area contributed by atoms with Crippen molar-refractivity contribution in [3.63, 3.8) is 0 Å². The zero-order valence-electron chi connectivity index (χ0n) is 26.2. The molecule has 3 aromatic rings. The maximum absolute atomic E-state index is 12.7. The number of amides is 1. The summed E-state index contributed by atoms with van der Waals surface area (Å²) >= 11 is 0. The van der Waals surface area contributed by atoms with Crippen LogP contribution in [-0.2, 0) is 29.5 Å². The van der Waals surface area contributed by atoms with Gasteiger partial charge in [-0.3, -0.25) is 9.58 Å². The van der Waals surface area contributed by atoms with E-state index >= 15 is 0 Å². The van der Waals surface area contributed by atoms with Crippen LogP contribution < -0.4 is 4.90 Å². The monoisotopic (exact) mass is 572 g/mol. The molecule has 9 nitrogen and oxygen atoms in total. The van der Waals surface area contributed by atoms with Gasteiger partial charge in [-0.15, -0.1) is 0 Å². The predicted octanol–water partition coefficient (Wildman–Crippen LogP) is 4.85. The Balaban J connectivity index is 1.27. The van der Waals surface area contributed by atoms with Crippen molar-refractivity contribution in [3.8, 4) is 11.1 Å². The molecule has 224 valence electrons. The molecule has 0 bridgehead atoms. The van der Waals surface area contributed by atoms with Gasteiger partial charge in [0.05, 0.1) is 36.2 Å². The molecular weight excluding hydrogens is 528 g/mol. The molecule has 4 aliphatic heterocycles. The fourth-order valence-electron chi connectivity index (χ4n) is 7.63. The van der Waals surface area contributed by atoms with Crippen LogP contribution in [0.2, 0.25) is 0 Å². The van der Waals surface area contributed by atoms with Crippen LogP contribution in [0, 0.1) is 19.3 Å². The van der Waals surface area contributed by atoms with Crippen LogP contribution in [0.25, 0.3) is 22.0 Å². The maximum atomic E-state index is 12.7. The number of carbonyl (C=O) groups is 1. The second-order valence-corrected chi connectivity index (χ2v) is 14.5. The van der Waals surface area contributed by atoms with Crippen LogP contribution in [-0.4, -0.2) is 87.7 Å². The number of hydrogen-bond donors (Lipinski definition) is 0. The SMILES string of the molecule is Cc1ccc2cnn(C)c2c1-c1c(C)c(N2CCC3(CN(C(=O)OC(C)(C)C)C3)C2)nc2c1CCN(C1(C)COC1)C2. The summed E-state index contributed by atoms with van der Waals surface area (Å²) in [6, 6.07) is 4.42. The minimum atomic E-state index is -0.479. The third-order valence-corrected chi connectivity index (χ3v) is 9.97. The first-order valence-electron chi connectivity index (χ1n) is 15.4. The van der Waals surface area contributed by atoms with Gasteiger partial charge in [0, 0.05) is 62.7 Å². The van der Waals surface area contributed by atoms with Crippen molar-refractivity contribution in [1.82, 2.24) is 24.6 Å². The van der Waals surface area contributed by atoms with Crippen LogP contribution in [0.3, 0.4) is 0 Å². The molecule has 4 aliphatic rings. The first-order chi connectivity index (χ1) is 19.9. The highest BCUT2D eigenvalue weighted by atomic mass is 16.6. The van der Waals surface area contributed by atoms with Crippen molar-refractivity contribution >= 4 is 22.8 Å². The number of fused-ring (bicyclic) bond motifs is 2. The highest BCUT2D eigenvalue weighted by Crippen LogP contribution is 2.46. The van der Waals surface area contributed by atoms with Gasteiger partial charge in [0.2, 0.25) is 0 Å². The molecule has 0 radical (unpaired) electrons. The van der Waals surface area contributed by atoms with Crippen molar-refractivity contribution < 1.29 is 14.3 Å². The molecule has 2 aromatic heterocycles. The number of nitrogens with zero attached hydrogens (tertiary/aromatic N) is 6. The Kier molecular flexibility index (Phi) is 6.20. The van der Waals surface area contributed by atoms with E-state index in [4.69, 9.17) is 14.5 Å². The third-order valence-electron chi connectivity index (χ3n) is 9.97. The van der Waals surface area contributed by atoms with Crippen LogP contribution in [0.5, 0.6) is 0 Å². The van der Waals surface area contributed by atoms with Gasteiger partial charge in [0.15, 0.2) is 0 Å². The number of carbonyl (C=O) groups excluding carboxylic acids is 1. The zero-order valence-corrected chi connectivity index (χ0v) is 26.2. The summed E-state index contributed by atoms with van der Waals surface area (Å²) in [5.41, 5.74) is 8.58. The molecule has 1 spiro atoms. The van der Waals surface area contributed by atoms with E-state index in [0.29, 0.717) is 0 Å². The van der Waals surface area contributed by atoms with Gasteiger partial charge in [0.25, 0.3) is 0 Å². The van der Waals surface area contributed by atoms with Crippen molar-refractivity contribution in [2.24, 2.45) is 12.5 Å². The summed E-state index contributed by atoms with van der Waals surface area (Å²) in [6.07, 6.45) is 3.79. The summed E-state index contributed by atoms with van der Waals surface area (Å²) in [6.45, 7) is 19.3. The van der Waals surface area contributed by atoms with E-state index in [1.807, 2.05) is 43.6 Å². The van der Waals surface area contributed by atoms with E-state index in [1.54, 1.807) is 0 Å². The Bertz CT molecular complexity index is 1580. The lowest BCUT2D eigenvalue weighted by Gasteiger charge is -2.49. The number of anilines is 1. The fourth-order valence-corrected chi connectivity index (χ4v) is 7.63. The van der Waals surface area contributed by atoms with Crippen LogP contribution in [0.4, 0.5) is 10.6 Å². The van der Waals surface area contributed by atoms with Gasteiger partial charge in [-0.25, -0.2) is 9.78 Å². The minimum absolute atomic E-state index is 0.0807. The number of hydrogen-bond acceptors (Lipinski definition) is 7. The number of likely N-dealkylation sites (tertiary alicyclic amines) is 1. The topological polar surface area (TPSA) is 76.0 Å². The maximum Gasteiger partial charge on any atom is 0.410 e. The molecule has 9 heteroatoms. The molecular formula is C33H44N6O3. The smallest absolute Gasteiger partial charge is 0.410 e. The van der Waals surface area contributed by atoms with Gasteiger partial charge in [0.1, 0.15) is 11.4 Å². The number of rotatable bonds is 3. The van der Waals surface area contributed by atoms with E-state index in [9.17, 15) is 4.79 Å². The number of aryl methyl sites for hydroxylation is 2. The molecule has 0 unspecified atom stereocenters. The quantitative estimate of drug-likeness (QED) is 0.444. The van der Waals surface area contributed by atoms with E-state index in [0.717, 1.165) is 76.5 Å². The summed E-state index contributed by atoms with van der Waals surface area (Å²) < 4.78 is 13.3. The van der Waals surface area contributed by atoms with E-state index < -0.39 is 5.60 Å². The summed E-state index contributed by atoms with van der Waals surface area (Å²) in [7, 11) is 2.05. The molecule has 3 saturated heterocycles. The fraction of sp³-hybridized carbons (Fsp3) is 0.606. The standard InChI is InChI=1S/C33H44N6O3/c1-21-8-9-23-14-34-36(7)28(23)26(21)27-22(2)29(35-25-15-39(12-10-24(25)27)32(6)19-41-20-32)37-13-11-33(16-37)17-38(18-33)30(40)42-31(3,4)5/h8-9,14H,10-13,15-20H2,1-7H3. The minimum Gasteiger partial charge on any atom is -0.444 e. The number of pyridine rings is 1. The predicted molar refractivity (Wildman–Crippen MR) is 164 cm³/mol. The number of ether oxygens (including phenoxy) is 2. The molecule has 1 amide bonds. The van der Waals surface area contributed by atoms with Gasteiger partial charge in [-0.05, 0) is 76.6 Å². The Morgan fingerprint density at radius 3 is 2.52 bits per heavy atom. The highest BCUT2D eigenvalue weighted by molar-refractivity contribution is 5.98. The van der Waals surface area contributed by atoms with Crippen molar-refractivity contribution in [3.05, 3.63) is 40.7 Å². The van der Waals surface area contributed by atoms with Gasteiger partial charge in [-0.1, -0.05) is 12.1 Å². The number of aromatic nitrogens is 3. The average Bonchev–Trinajstić information content (AvgIpc) is 3.50. The summed E-state index contributed by atoms with van der Waals surface area (Å²) in [4.78, 5) is 25.1. The second kappa shape index (κ2) is 9.41. The van der Waals surface area contributed by atoms with E-state index in [1.165, 1.54) is 39.0 Å². The average molecular weight is 573 g/mol. The van der Waals surface area contributed by atoms with Crippen molar-refractivity contribution in [2.75, 3.05) is 50.8 Å². The number of benzene rings is 1. The molecule has 0 saturated carbocycles. The molecule has 42 heavy (non-hydrogen) atoms. The van der Waals surface area contributed by atoms with Gasteiger partial charge in [-0.2, -0.15) is 5.10 Å². The van der Waals surface area contributed by atoms with Crippen molar-refractivity contribution in [1.29, 1.82) is 0 Å². The highest BCUT2D eigenvalue weighted by Gasteiger charge is 2.51. The molecule has 0 aliphatic carbocycles. The Morgan fingerprint density at radius 1 is 1.07 bits per heavy atom. The lowest BCUT2D eigenvalue weighted by Crippen LogP contribution is -2.61. The molecule has 0 atom stereocenters. The first-order valence-corrected chi connectivity index (χ1v) is 15.4. The molecule has 0 N–H and O–H groups in total. The normalized spacial score (nSPS) is 21.4. The summed E-state index contributed by atoms with van der Waals surface area (Å²) in [5, 5.41) is 5.80. The lowest BCUT2D eigenvalue weighted by molar-refractivity contribution is -0.135.